The van der Waals surface area contributed by atoms with E-state index >= 15 is 0 Å². The molecule has 0 spiro atoms. The third-order valence-electron chi connectivity index (χ3n) is 5.02. The lowest BCUT2D eigenvalue weighted by molar-refractivity contribution is -0.307. The second-order valence-electron chi connectivity index (χ2n) is 7.27. The maximum absolute atomic E-state index is 12.5. The van der Waals surface area contributed by atoms with Crippen LogP contribution in [0.4, 0.5) is 0 Å². The Kier molecular flexibility index (Phi) is 7.82. The van der Waals surface area contributed by atoms with E-state index in [1.54, 1.807) is 13.0 Å². The molecule has 1 atom stereocenters. The Hall–Kier alpha value is -2.83. The summed E-state index contributed by atoms with van der Waals surface area (Å²) in [7, 11) is 0. The zero-order valence-corrected chi connectivity index (χ0v) is 17.4. The predicted molar refractivity (Wildman–Crippen MR) is 108 cm³/mol. The minimum atomic E-state index is -1.37. The van der Waals surface area contributed by atoms with Gasteiger partial charge in [-0.1, -0.05) is 26.2 Å². The first-order valence-corrected chi connectivity index (χ1v) is 9.95. The number of rotatable bonds is 10. The zero-order chi connectivity index (χ0) is 21.6. The number of hydrogen-bond acceptors (Lipinski definition) is 6. The average Bonchev–Trinajstić information content (AvgIpc) is 2.67. The van der Waals surface area contributed by atoms with Crippen molar-refractivity contribution in [3.63, 3.8) is 0 Å². The van der Waals surface area contributed by atoms with Crippen molar-refractivity contribution < 1.29 is 23.8 Å². The maximum atomic E-state index is 12.5. The van der Waals surface area contributed by atoms with Crippen LogP contribution in [0.15, 0.2) is 21.3 Å². The molecular formula is C22H28NO6-. The number of aryl methyl sites for hydroxylation is 2. The molecule has 0 radical (unpaired) electrons. The highest BCUT2D eigenvalue weighted by Crippen LogP contribution is 2.29. The van der Waals surface area contributed by atoms with Crippen LogP contribution < -0.4 is 20.8 Å². The number of aliphatic carboxylic acids is 1. The fourth-order valence-corrected chi connectivity index (χ4v) is 3.23. The van der Waals surface area contributed by atoms with E-state index < -0.39 is 17.9 Å². The third-order valence-corrected chi connectivity index (χ3v) is 5.02. The second-order valence-corrected chi connectivity index (χ2v) is 7.27. The minimum absolute atomic E-state index is 0.340. The first kappa shape index (κ1) is 22.5. The Balaban J connectivity index is 2.19. The predicted octanol–water partition coefficient (Wildman–Crippen LogP) is 2.17. The lowest BCUT2D eigenvalue weighted by Gasteiger charge is -2.16. The summed E-state index contributed by atoms with van der Waals surface area (Å²) >= 11 is 0. The number of fused-ring (bicyclic) bond motifs is 1. The van der Waals surface area contributed by atoms with Crippen molar-refractivity contribution in [1.82, 2.24) is 5.32 Å². The van der Waals surface area contributed by atoms with Crippen LogP contribution in [0.25, 0.3) is 11.0 Å². The van der Waals surface area contributed by atoms with Gasteiger partial charge < -0.3 is 24.4 Å². The molecule has 7 nitrogen and oxygen atoms in total. The Morgan fingerprint density at radius 3 is 2.55 bits per heavy atom. The van der Waals surface area contributed by atoms with E-state index in [9.17, 15) is 19.5 Å². The highest BCUT2D eigenvalue weighted by molar-refractivity contribution is 5.86. The van der Waals surface area contributed by atoms with Crippen LogP contribution in [0.1, 0.15) is 56.2 Å². The molecule has 1 heterocycles. The van der Waals surface area contributed by atoms with Gasteiger partial charge in [-0.2, -0.15) is 0 Å². The number of amides is 1. The summed E-state index contributed by atoms with van der Waals surface area (Å²) in [5.41, 5.74) is 2.32. The van der Waals surface area contributed by atoms with Gasteiger partial charge in [0.1, 0.15) is 11.3 Å². The molecule has 0 aliphatic rings. The zero-order valence-electron chi connectivity index (χ0n) is 17.4. The van der Waals surface area contributed by atoms with Gasteiger partial charge in [0.05, 0.1) is 12.0 Å². The van der Waals surface area contributed by atoms with Crippen molar-refractivity contribution in [2.45, 2.75) is 65.8 Å². The Morgan fingerprint density at radius 2 is 1.90 bits per heavy atom. The Bertz CT molecular complexity index is 946. The number of carbonyl (C=O) groups is 2. The van der Waals surface area contributed by atoms with E-state index in [1.165, 1.54) is 6.92 Å². The quantitative estimate of drug-likeness (QED) is 0.482. The monoisotopic (exact) mass is 402 g/mol. The summed E-state index contributed by atoms with van der Waals surface area (Å²) < 4.78 is 11.1. The van der Waals surface area contributed by atoms with Crippen LogP contribution in [0.2, 0.25) is 0 Å². The van der Waals surface area contributed by atoms with Gasteiger partial charge >= 0.3 is 5.63 Å². The molecule has 0 aliphatic carbocycles. The molecular weight excluding hydrogens is 374 g/mol. The summed E-state index contributed by atoms with van der Waals surface area (Å²) in [6.45, 7) is 6.77. The number of nitrogens with one attached hydrogen (secondary N) is 1. The minimum Gasteiger partial charge on any atom is -0.548 e. The van der Waals surface area contributed by atoms with Gasteiger partial charge in [-0.3, -0.25) is 4.79 Å². The highest BCUT2D eigenvalue weighted by atomic mass is 16.5. The molecule has 0 saturated carbocycles. The van der Waals surface area contributed by atoms with Crippen molar-refractivity contribution in [3.05, 3.63) is 39.2 Å². The van der Waals surface area contributed by atoms with E-state index in [4.69, 9.17) is 9.15 Å². The number of carbonyl (C=O) groups excluding carboxylic acids is 2. The lowest BCUT2D eigenvalue weighted by Crippen LogP contribution is -2.47. The summed E-state index contributed by atoms with van der Waals surface area (Å²) in [5, 5.41) is 13.8. The summed E-state index contributed by atoms with van der Waals surface area (Å²) in [5.74, 6) is -1.56. The molecule has 0 saturated heterocycles. The van der Waals surface area contributed by atoms with Gasteiger partial charge in [0.2, 0.25) is 0 Å². The van der Waals surface area contributed by atoms with Gasteiger partial charge in [-0.25, -0.2) is 4.79 Å². The summed E-state index contributed by atoms with van der Waals surface area (Å²) in [6.07, 6.45) is 5.01. The van der Waals surface area contributed by atoms with Gasteiger partial charge in [-0.05, 0) is 51.3 Å². The first-order chi connectivity index (χ1) is 13.8. The van der Waals surface area contributed by atoms with Gasteiger partial charge in [0.15, 0.2) is 6.61 Å². The van der Waals surface area contributed by atoms with Crippen molar-refractivity contribution in [1.29, 1.82) is 0 Å². The molecule has 2 rings (SSSR count). The topological polar surface area (TPSA) is 109 Å². The molecule has 7 heteroatoms. The number of carboxylic acid groups (broad SMARTS) is 1. The van der Waals surface area contributed by atoms with Crippen LogP contribution in [0, 0.1) is 13.8 Å². The van der Waals surface area contributed by atoms with Crippen molar-refractivity contribution in [2.75, 3.05) is 6.61 Å². The molecule has 0 bridgehead atoms. The van der Waals surface area contributed by atoms with E-state index in [0.717, 1.165) is 36.6 Å². The molecule has 0 aliphatic heterocycles. The summed E-state index contributed by atoms with van der Waals surface area (Å²) in [6, 6.07) is 2.42. The molecule has 1 aromatic heterocycles. The number of hydrogen-bond donors (Lipinski definition) is 1. The first-order valence-electron chi connectivity index (χ1n) is 9.95. The fourth-order valence-electron chi connectivity index (χ4n) is 3.23. The largest absolute Gasteiger partial charge is 0.548 e. The molecule has 2 aromatic rings. The standard InChI is InChI=1S/C22H29NO6/c1-5-6-7-8-9-17-13(2)16-10-11-18(14(3)20(16)29-22(17)27)28-12-19(24)23-15(4)21(25)26/h10-11,15H,5-9,12H2,1-4H3,(H,23,24)(H,25,26)/p-1/t15-/m0/s1. The number of unbranched alkanes of at least 4 members (excludes halogenated alkanes) is 3. The van der Waals surface area contributed by atoms with Gasteiger partial charge in [-0.15, -0.1) is 0 Å². The van der Waals surface area contributed by atoms with Crippen molar-refractivity contribution in [3.8, 4) is 5.75 Å². The van der Waals surface area contributed by atoms with E-state index in [-0.39, 0.29) is 12.2 Å². The fraction of sp³-hybridized carbons (Fsp3) is 0.500. The normalized spacial score (nSPS) is 12.0. The molecule has 0 unspecified atom stereocenters. The SMILES string of the molecule is CCCCCCc1c(C)c2ccc(OCC(=O)N[C@@H](C)C(=O)[O-])c(C)c2oc1=O. The van der Waals surface area contributed by atoms with E-state index in [1.807, 2.05) is 13.0 Å². The third kappa shape index (κ3) is 5.59. The highest BCUT2D eigenvalue weighted by Gasteiger charge is 2.16. The number of benzene rings is 1. The van der Waals surface area contributed by atoms with E-state index in [0.29, 0.717) is 28.9 Å². The number of ether oxygens (including phenoxy) is 1. The molecule has 29 heavy (non-hydrogen) atoms. The molecule has 1 amide bonds. The molecule has 1 aromatic carbocycles. The average molecular weight is 402 g/mol. The molecule has 158 valence electrons. The van der Waals surface area contributed by atoms with Crippen LogP contribution in [0.3, 0.4) is 0 Å². The summed E-state index contributed by atoms with van der Waals surface area (Å²) in [4.78, 5) is 35.0. The maximum Gasteiger partial charge on any atom is 0.339 e. The van der Waals surface area contributed by atoms with Gasteiger partial charge in [0.25, 0.3) is 5.91 Å². The van der Waals surface area contributed by atoms with Crippen LogP contribution in [0.5, 0.6) is 5.75 Å². The van der Waals surface area contributed by atoms with Crippen molar-refractivity contribution in [2.24, 2.45) is 0 Å². The Morgan fingerprint density at radius 1 is 1.17 bits per heavy atom. The van der Waals surface area contributed by atoms with Crippen LogP contribution >= 0.6 is 0 Å². The van der Waals surface area contributed by atoms with Crippen molar-refractivity contribution >= 4 is 22.8 Å². The smallest absolute Gasteiger partial charge is 0.339 e. The van der Waals surface area contributed by atoms with E-state index in [2.05, 4.69) is 12.2 Å². The molecule has 0 fully saturated rings. The Labute approximate surface area is 170 Å². The van der Waals surface area contributed by atoms with Crippen LogP contribution in [-0.2, 0) is 16.0 Å². The number of carboxylic acids is 1. The molecule has 1 N–H and O–H groups in total. The van der Waals surface area contributed by atoms with Crippen LogP contribution in [-0.4, -0.2) is 24.5 Å². The lowest BCUT2D eigenvalue weighted by atomic mass is 9.99. The van der Waals surface area contributed by atoms with Gasteiger partial charge in [0, 0.05) is 16.5 Å². The second kappa shape index (κ2) is 10.1.